The summed E-state index contributed by atoms with van der Waals surface area (Å²) in [6, 6.07) is 17.4. The lowest BCUT2D eigenvalue weighted by molar-refractivity contribution is -0.139. The first-order valence-electron chi connectivity index (χ1n) is 10.2. The number of hydrogen-bond acceptors (Lipinski definition) is 5. The summed E-state index contributed by atoms with van der Waals surface area (Å²) < 4.78 is 33.3. The van der Waals surface area contributed by atoms with Gasteiger partial charge >= 0.3 is 5.97 Å². The van der Waals surface area contributed by atoms with E-state index in [-0.39, 0.29) is 4.90 Å². The molecule has 0 bridgehead atoms. The summed E-state index contributed by atoms with van der Waals surface area (Å²) in [5.41, 5.74) is 3.81. The molecule has 0 aliphatic carbocycles. The number of para-hydroxylation sites is 1. The number of sulfonamides is 1. The molecule has 1 unspecified atom stereocenters. The van der Waals surface area contributed by atoms with Gasteiger partial charge in [0.1, 0.15) is 5.75 Å². The Balaban J connectivity index is 1.70. The highest BCUT2D eigenvalue weighted by Crippen LogP contribution is 2.41. The van der Waals surface area contributed by atoms with Gasteiger partial charge in [-0.1, -0.05) is 48.0 Å². The maximum absolute atomic E-state index is 13.3. The van der Waals surface area contributed by atoms with Crippen LogP contribution in [0.25, 0.3) is 0 Å². The number of ether oxygens (including phenoxy) is 1. The van der Waals surface area contributed by atoms with Crippen LogP contribution >= 0.6 is 11.6 Å². The van der Waals surface area contributed by atoms with E-state index < -0.39 is 28.6 Å². The molecule has 172 valence electrons. The van der Waals surface area contributed by atoms with Crippen LogP contribution < -0.4 is 14.4 Å². The highest BCUT2D eigenvalue weighted by Gasteiger charge is 2.34. The SMILES string of the molecule is Cc1cc(CNC2c3ccccc3N(C)S(=O)(=O)c3cc(Cl)ccc32)ccc1OCC(=O)O. The second-order valence-corrected chi connectivity index (χ2v) is 10.2. The van der Waals surface area contributed by atoms with E-state index >= 15 is 0 Å². The van der Waals surface area contributed by atoms with Crippen molar-refractivity contribution in [2.24, 2.45) is 0 Å². The maximum Gasteiger partial charge on any atom is 0.341 e. The number of benzene rings is 3. The van der Waals surface area contributed by atoms with Crippen LogP contribution in [0.1, 0.15) is 28.3 Å². The summed E-state index contributed by atoms with van der Waals surface area (Å²) in [5, 5.41) is 12.7. The minimum Gasteiger partial charge on any atom is -0.482 e. The largest absolute Gasteiger partial charge is 0.482 e. The molecule has 0 fully saturated rings. The molecule has 3 aromatic rings. The average molecular weight is 487 g/mol. The zero-order valence-corrected chi connectivity index (χ0v) is 19.7. The van der Waals surface area contributed by atoms with Gasteiger partial charge in [-0.15, -0.1) is 0 Å². The quantitative estimate of drug-likeness (QED) is 0.544. The summed E-state index contributed by atoms with van der Waals surface area (Å²) in [4.78, 5) is 10.9. The predicted octanol–water partition coefficient (Wildman–Crippen LogP) is 4.13. The summed E-state index contributed by atoms with van der Waals surface area (Å²) in [7, 11) is -2.25. The molecule has 0 amide bonds. The predicted molar refractivity (Wildman–Crippen MR) is 126 cm³/mol. The van der Waals surface area contributed by atoms with Gasteiger partial charge in [0, 0.05) is 18.6 Å². The van der Waals surface area contributed by atoms with E-state index in [0.29, 0.717) is 28.6 Å². The second-order valence-electron chi connectivity index (χ2n) is 7.81. The number of carboxylic acids is 1. The molecule has 7 nitrogen and oxygen atoms in total. The Labute approximate surface area is 197 Å². The Bertz CT molecular complexity index is 1330. The number of nitrogens with one attached hydrogen (secondary N) is 1. The van der Waals surface area contributed by atoms with E-state index in [9.17, 15) is 13.2 Å². The van der Waals surface area contributed by atoms with Gasteiger partial charge in [0.15, 0.2) is 6.61 Å². The van der Waals surface area contributed by atoms with Crippen molar-refractivity contribution < 1.29 is 23.1 Å². The molecule has 0 radical (unpaired) electrons. The summed E-state index contributed by atoms with van der Waals surface area (Å²) in [6.45, 7) is 1.89. The highest BCUT2D eigenvalue weighted by atomic mass is 35.5. The number of hydrogen-bond donors (Lipinski definition) is 2. The summed E-state index contributed by atoms with van der Waals surface area (Å²) >= 11 is 6.16. The smallest absolute Gasteiger partial charge is 0.341 e. The number of rotatable bonds is 6. The van der Waals surface area contributed by atoms with Gasteiger partial charge in [0.25, 0.3) is 10.0 Å². The van der Waals surface area contributed by atoms with E-state index in [1.165, 1.54) is 10.4 Å². The molecule has 0 saturated heterocycles. The minimum absolute atomic E-state index is 0.166. The van der Waals surface area contributed by atoms with Gasteiger partial charge < -0.3 is 15.2 Å². The van der Waals surface area contributed by atoms with Crippen LogP contribution in [-0.2, 0) is 21.4 Å². The third-order valence-electron chi connectivity index (χ3n) is 5.61. The number of halogens is 1. The molecule has 2 N–H and O–H groups in total. The number of carbonyl (C=O) groups is 1. The number of nitrogens with zero attached hydrogens (tertiary/aromatic N) is 1. The van der Waals surface area contributed by atoms with Crippen LogP contribution in [0.2, 0.25) is 5.02 Å². The van der Waals surface area contributed by atoms with Gasteiger partial charge in [-0.05, 0) is 53.4 Å². The molecule has 9 heteroatoms. The molecule has 1 heterocycles. The maximum atomic E-state index is 13.3. The Hall–Kier alpha value is -3.07. The third-order valence-corrected chi connectivity index (χ3v) is 7.68. The summed E-state index contributed by atoms with van der Waals surface area (Å²) in [5.74, 6) is -0.528. The van der Waals surface area contributed by atoms with E-state index in [1.54, 1.807) is 31.3 Å². The zero-order chi connectivity index (χ0) is 23.8. The van der Waals surface area contributed by atoms with E-state index in [0.717, 1.165) is 16.7 Å². The lowest BCUT2D eigenvalue weighted by atomic mass is 9.96. The lowest BCUT2D eigenvalue weighted by Crippen LogP contribution is -2.26. The first-order chi connectivity index (χ1) is 15.7. The Kier molecular flexibility index (Phi) is 6.34. The molecular formula is C24H23ClN2O5S. The number of anilines is 1. The first-order valence-corrected chi connectivity index (χ1v) is 12.0. The van der Waals surface area contributed by atoms with Crippen molar-refractivity contribution in [3.05, 3.63) is 87.9 Å². The molecule has 0 aromatic heterocycles. The fraction of sp³-hybridized carbons (Fsp3) is 0.208. The van der Waals surface area contributed by atoms with E-state index in [2.05, 4.69) is 5.32 Å². The molecule has 3 aromatic carbocycles. The van der Waals surface area contributed by atoms with Crippen LogP contribution in [0.3, 0.4) is 0 Å². The number of fused-ring (bicyclic) bond motifs is 2. The van der Waals surface area contributed by atoms with Gasteiger partial charge in [-0.2, -0.15) is 0 Å². The molecule has 1 atom stereocenters. The molecule has 0 spiro atoms. The lowest BCUT2D eigenvalue weighted by Gasteiger charge is -2.22. The normalized spacial score (nSPS) is 16.5. The zero-order valence-electron chi connectivity index (χ0n) is 18.1. The standard InChI is InChI=1S/C24H23ClN2O5S/c1-15-11-16(7-10-21(15)32-14-23(28)29)13-26-24-18-5-3-4-6-20(18)27(2)33(30,31)22-12-17(25)8-9-19(22)24/h3-12,24,26H,13-14H2,1-2H3,(H,28,29). The number of aryl methyl sites for hydroxylation is 1. The van der Waals surface area contributed by atoms with E-state index in [1.807, 2.05) is 37.3 Å². The molecule has 4 rings (SSSR count). The number of aliphatic carboxylic acids is 1. The van der Waals surface area contributed by atoms with Crippen molar-refractivity contribution >= 4 is 33.3 Å². The average Bonchev–Trinajstić information content (AvgIpc) is 2.84. The van der Waals surface area contributed by atoms with Gasteiger partial charge in [0.05, 0.1) is 16.6 Å². The third kappa shape index (κ3) is 4.55. The molecule has 1 aliphatic heterocycles. The van der Waals surface area contributed by atoms with Crippen molar-refractivity contribution in [1.29, 1.82) is 0 Å². The van der Waals surface area contributed by atoms with Crippen LogP contribution in [0.4, 0.5) is 5.69 Å². The van der Waals surface area contributed by atoms with Gasteiger partial charge in [0.2, 0.25) is 0 Å². The van der Waals surface area contributed by atoms with Crippen molar-refractivity contribution in [1.82, 2.24) is 5.32 Å². The van der Waals surface area contributed by atoms with Crippen LogP contribution in [0.5, 0.6) is 5.75 Å². The van der Waals surface area contributed by atoms with Crippen molar-refractivity contribution in [2.45, 2.75) is 24.4 Å². The van der Waals surface area contributed by atoms with Crippen molar-refractivity contribution in [2.75, 3.05) is 18.0 Å². The molecular weight excluding hydrogens is 464 g/mol. The Morgan fingerprint density at radius 1 is 1.12 bits per heavy atom. The molecule has 1 aliphatic rings. The monoisotopic (exact) mass is 486 g/mol. The van der Waals surface area contributed by atoms with Crippen molar-refractivity contribution in [3.8, 4) is 5.75 Å². The van der Waals surface area contributed by atoms with Gasteiger partial charge in [-0.3, -0.25) is 4.31 Å². The minimum atomic E-state index is -3.79. The Morgan fingerprint density at radius 2 is 1.88 bits per heavy atom. The fourth-order valence-electron chi connectivity index (χ4n) is 4.00. The fourth-order valence-corrected chi connectivity index (χ4v) is 5.71. The summed E-state index contributed by atoms with van der Waals surface area (Å²) in [6.07, 6.45) is 0. The molecule has 0 saturated carbocycles. The van der Waals surface area contributed by atoms with Crippen LogP contribution in [-0.4, -0.2) is 33.1 Å². The van der Waals surface area contributed by atoms with E-state index in [4.69, 9.17) is 21.4 Å². The molecule has 33 heavy (non-hydrogen) atoms. The second kappa shape index (κ2) is 9.05. The topological polar surface area (TPSA) is 95.9 Å². The number of carboxylic acid groups (broad SMARTS) is 1. The van der Waals surface area contributed by atoms with Gasteiger partial charge in [-0.25, -0.2) is 13.2 Å². The first kappa shape index (κ1) is 23.1. The van der Waals surface area contributed by atoms with Crippen LogP contribution in [0, 0.1) is 6.92 Å². The highest BCUT2D eigenvalue weighted by molar-refractivity contribution is 7.92. The van der Waals surface area contributed by atoms with Crippen LogP contribution in [0.15, 0.2) is 65.6 Å². The van der Waals surface area contributed by atoms with Crippen molar-refractivity contribution in [3.63, 3.8) is 0 Å². The Morgan fingerprint density at radius 3 is 2.61 bits per heavy atom.